The van der Waals surface area contributed by atoms with Gasteiger partial charge in [0.05, 0.1) is 54.9 Å². The molecule has 0 saturated carbocycles. The van der Waals surface area contributed by atoms with Crippen LogP contribution in [0.5, 0.6) is 5.75 Å². The minimum Gasteiger partial charge on any atom is -0.496 e. The lowest BCUT2D eigenvalue weighted by Gasteiger charge is -2.30. The van der Waals surface area contributed by atoms with E-state index in [-0.39, 0.29) is 6.04 Å². The average Bonchev–Trinajstić information content (AvgIpc) is 3.48. The van der Waals surface area contributed by atoms with Crippen LogP contribution in [-0.4, -0.2) is 53.1 Å². The maximum atomic E-state index is 5.89. The van der Waals surface area contributed by atoms with Gasteiger partial charge in [0.1, 0.15) is 17.0 Å². The van der Waals surface area contributed by atoms with Crippen LogP contribution in [0.25, 0.3) is 33.1 Å². The number of methoxy groups -OCH3 is 1. The van der Waals surface area contributed by atoms with E-state index in [2.05, 4.69) is 57.9 Å². The Morgan fingerprint density at radius 1 is 1.03 bits per heavy atom. The number of hydrogen-bond acceptors (Lipinski definition) is 7. The number of ether oxygens (including phenoxy) is 2. The lowest BCUT2D eigenvalue weighted by atomic mass is 10.00. The van der Waals surface area contributed by atoms with E-state index in [0.29, 0.717) is 13.2 Å². The Hall–Kier alpha value is -3.91. The molecule has 1 unspecified atom stereocenters. The van der Waals surface area contributed by atoms with Gasteiger partial charge in [-0.05, 0) is 38.5 Å². The van der Waals surface area contributed by atoms with Crippen molar-refractivity contribution in [2.45, 2.75) is 26.8 Å². The number of rotatable bonds is 5. The Balaban J connectivity index is 1.64. The van der Waals surface area contributed by atoms with E-state index >= 15 is 0 Å². The SMILES string of the molecule is COc1cc2c(cc1-c1c(C)noc1C)ncc1nc(N3CCOCC3)n(C(C)c3ccccc3)c12. The molecule has 8 heteroatoms. The van der Waals surface area contributed by atoms with Crippen LogP contribution in [0.2, 0.25) is 0 Å². The number of aryl methyl sites for hydroxylation is 2. The van der Waals surface area contributed by atoms with Crippen LogP contribution >= 0.6 is 0 Å². The molecule has 1 aliphatic heterocycles. The van der Waals surface area contributed by atoms with Crippen LogP contribution in [0.1, 0.15) is 30.0 Å². The number of pyridine rings is 1. The largest absolute Gasteiger partial charge is 0.496 e. The summed E-state index contributed by atoms with van der Waals surface area (Å²) in [5.74, 6) is 2.44. The summed E-state index contributed by atoms with van der Waals surface area (Å²) in [5, 5.41) is 5.14. The summed E-state index contributed by atoms with van der Waals surface area (Å²) in [6.45, 7) is 9.07. The van der Waals surface area contributed by atoms with Crippen molar-refractivity contribution >= 4 is 27.9 Å². The Kier molecular flexibility index (Phi) is 5.60. The van der Waals surface area contributed by atoms with E-state index in [1.807, 2.05) is 26.1 Å². The van der Waals surface area contributed by atoms with E-state index in [1.54, 1.807) is 7.11 Å². The summed E-state index contributed by atoms with van der Waals surface area (Å²) in [6.07, 6.45) is 1.87. The first kappa shape index (κ1) is 22.5. The molecule has 1 fully saturated rings. The number of hydrogen-bond donors (Lipinski definition) is 0. The first-order chi connectivity index (χ1) is 17.6. The number of benzene rings is 2. The van der Waals surface area contributed by atoms with Crippen molar-refractivity contribution < 1.29 is 14.0 Å². The number of imidazole rings is 1. The minimum atomic E-state index is 0.0629. The second-order valence-electron chi connectivity index (χ2n) is 9.23. The molecule has 1 atom stereocenters. The predicted molar refractivity (Wildman–Crippen MR) is 140 cm³/mol. The van der Waals surface area contributed by atoms with Crippen molar-refractivity contribution in [3.63, 3.8) is 0 Å². The number of anilines is 1. The molecular formula is C28H29N5O3. The standard InChI is InChI=1S/C28H29N5O3/c1-17-26(19(3)36-31-17)22-14-23-21(15-25(22)34-4)27-24(16-29-23)30-28(32-10-12-35-13-11-32)33(27)18(2)20-8-6-5-7-9-20/h5-9,14-16,18H,10-13H2,1-4H3. The zero-order chi connectivity index (χ0) is 24.8. The third-order valence-electron chi connectivity index (χ3n) is 7.08. The molecule has 0 aliphatic carbocycles. The maximum absolute atomic E-state index is 5.89. The Morgan fingerprint density at radius 2 is 1.81 bits per heavy atom. The zero-order valence-electron chi connectivity index (χ0n) is 21.0. The fraction of sp³-hybridized carbons (Fsp3) is 0.321. The highest BCUT2D eigenvalue weighted by molar-refractivity contribution is 6.05. The smallest absolute Gasteiger partial charge is 0.207 e. The van der Waals surface area contributed by atoms with Gasteiger partial charge in [0.15, 0.2) is 0 Å². The number of morpholine rings is 1. The number of aromatic nitrogens is 4. The third kappa shape index (κ3) is 3.60. The van der Waals surface area contributed by atoms with E-state index in [4.69, 9.17) is 24.0 Å². The first-order valence-corrected chi connectivity index (χ1v) is 12.3. The molecule has 1 saturated heterocycles. The number of nitrogens with zero attached hydrogens (tertiary/aromatic N) is 5. The van der Waals surface area contributed by atoms with Gasteiger partial charge in [0, 0.05) is 24.0 Å². The highest BCUT2D eigenvalue weighted by Crippen LogP contribution is 2.41. The van der Waals surface area contributed by atoms with Crippen LogP contribution in [0, 0.1) is 13.8 Å². The van der Waals surface area contributed by atoms with Crippen molar-refractivity contribution in [2.75, 3.05) is 38.3 Å². The van der Waals surface area contributed by atoms with Gasteiger partial charge >= 0.3 is 0 Å². The summed E-state index contributed by atoms with van der Waals surface area (Å²) < 4.78 is 19.3. The maximum Gasteiger partial charge on any atom is 0.207 e. The van der Waals surface area contributed by atoms with Gasteiger partial charge in [0.2, 0.25) is 5.95 Å². The van der Waals surface area contributed by atoms with E-state index in [9.17, 15) is 0 Å². The van der Waals surface area contributed by atoms with E-state index in [0.717, 1.165) is 69.3 Å². The van der Waals surface area contributed by atoms with Gasteiger partial charge in [-0.25, -0.2) is 4.98 Å². The lowest BCUT2D eigenvalue weighted by molar-refractivity contribution is 0.121. The van der Waals surface area contributed by atoms with Gasteiger partial charge in [0.25, 0.3) is 0 Å². The molecule has 2 aromatic carbocycles. The Bertz CT molecular complexity index is 1530. The van der Waals surface area contributed by atoms with Crippen molar-refractivity contribution in [2.24, 2.45) is 0 Å². The molecule has 0 spiro atoms. The van der Waals surface area contributed by atoms with Crippen LogP contribution in [0.3, 0.4) is 0 Å². The van der Waals surface area contributed by atoms with Crippen LogP contribution in [0.15, 0.2) is 53.2 Å². The van der Waals surface area contributed by atoms with Gasteiger partial charge in [-0.1, -0.05) is 35.5 Å². The normalized spacial score (nSPS) is 15.1. The van der Waals surface area contributed by atoms with E-state index < -0.39 is 0 Å². The summed E-state index contributed by atoms with van der Waals surface area (Å²) >= 11 is 0. The average molecular weight is 484 g/mol. The summed E-state index contributed by atoms with van der Waals surface area (Å²) in [4.78, 5) is 12.2. The molecule has 184 valence electrons. The van der Waals surface area contributed by atoms with Crippen LogP contribution in [0.4, 0.5) is 5.95 Å². The van der Waals surface area contributed by atoms with Gasteiger partial charge < -0.3 is 23.5 Å². The highest BCUT2D eigenvalue weighted by atomic mass is 16.5. The van der Waals surface area contributed by atoms with Gasteiger partial charge in [-0.3, -0.25) is 4.98 Å². The molecule has 36 heavy (non-hydrogen) atoms. The second kappa shape index (κ2) is 8.95. The van der Waals surface area contributed by atoms with Crippen molar-refractivity contribution in [1.29, 1.82) is 0 Å². The predicted octanol–water partition coefficient (Wildman–Crippen LogP) is 5.31. The fourth-order valence-corrected chi connectivity index (χ4v) is 5.26. The summed E-state index contributed by atoms with van der Waals surface area (Å²) in [6, 6.07) is 14.7. The monoisotopic (exact) mass is 483 g/mol. The molecule has 3 aromatic heterocycles. The summed E-state index contributed by atoms with van der Waals surface area (Å²) in [7, 11) is 1.69. The fourth-order valence-electron chi connectivity index (χ4n) is 5.26. The molecule has 1 aliphatic rings. The lowest BCUT2D eigenvalue weighted by Crippen LogP contribution is -2.38. The van der Waals surface area contributed by atoms with Crippen molar-refractivity contribution in [3.8, 4) is 16.9 Å². The molecular weight excluding hydrogens is 454 g/mol. The Labute approximate surface area is 209 Å². The third-order valence-corrected chi connectivity index (χ3v) is 7.08. The van der Waals surface area contributed by atoms with Crippen molar-refractivity contribution in [1.82, 2.24) is 19.7 Å². The second-order valence-corrected chi connectivity index (χ2v) is 9.23. The quantitative estimate of drug-likeness (QED) is 0.335. The molecule has 5 aromatic rings. The van der Waals surface area contributed by atoms with Gasteiger partial charge in [-0.2, -0.15) is 0 Å². The Morgan fingerprint density at radius 3 is 2.50 bits per heavy atom. The van der Waals surface area contributed by atoms with Crippen LogP contribution in [-0.2, 0) is 4.74 Å². The van der Waals surface area contributed by atoms with Crippen LogP contribution < -0.4 is 9.64 Å². The van der Waals surface area contributed by atoms with Crippen molar-refractivity contribution in [3.05, 3.63) is 65.7 Å². The summed E-state index contributed by atoms with van der Waals surface area (Å²) in [5.41, 5.74) is 6.67. The topological polar surface area (TPSA) is 78.4 Å². The molecule has 8 nitrogen and oxygen atoms in total. The molecule has 0 N–H and O–H groups in total. The molecule has 0 bridgehead atoms. The highest BCUT2D eigenvalue weighted by Gasteiger charge is 2.26. The zero-order valence-corrected chi connectivity index (χ0v) is 21.0. The molecule has 6 rings (SSSR count). The minimum absolute atomic E-state index is 0.0629. The first-order valence-electron chi connectivity index (χ1n) is 12.3. The molecule has 0 amide bonds. The molecule has 0 radical (unpaired) electrons. The van der Waals surface area contributed by atoms with E-state index in [1.165, 1.54) is 5.56 Å². The van der Waals surface area contributed by atoms with Gasteiger partial charge in [-0.15, -0.1) is 0 Å². The number of fused-ring (bicyclic) bond motifs is 3. The molecule has 4 heterocycles.